The lowest BCUT2D eigenvalue weighted by Crippen LogP contribution is -1.99. The minimum atomic E-state index is -2.67. The van der Waals surface area contributed by atoms with Crippen molar-refractivity contribution in [3.05, 3.63) is 23.3 Å². The van der Waals surface area contributed by atoms with Crippen LogP contribution in [0, 0.1) is 13.8 Å². The van der Waals surface area contributed by atoms with Crippen molar-refractivity contribution in [3.8, 4) is 5.75 Å². The molecule has 0 saturated heterocycles. The third-order valence-electron chi connectivity index (χ3n) is 1.97. The summed E-state index contributed by atoms with van der Waals surface area (Å²) in [5.41, 5.74) is 1.69. The average Bonchev–Trinajstić information content (AvgIpc) is 1.99. The Morgan fingerprint density at radius 2 is 1.73 bits per heavy atom. The molecule has 1 atom stereocenters. The van der Waals surface area contributed by atoms with E-state index in [9.17, 15) is 4.21 Å². The molecule has 1 unspecified atom stereocenters. The molecule has 0 radical (unpaired) electrons. The van der Waals surface area contributed by atoms with Crippen LogP contribution < -0.4 is 4.74 Å². The van der Waals surface area contributed by atoms with Crippen molar-refractivity contribution in [2.24, 2.45) is 0 Å². The Bertz CT molecular complexity index is 429. The van der Waals surface area contributed by atoms with Gasteiger partial charge in [0.25, 0.3) is 0 Å². The van der Waals surface area contributed by atoms with Gasteiger partial charge in [0.1, 0.15) is 5.75 Å². The fourth-order valence-corrected chi connectivity index (χ4v) is 3.32. The summed E-state index contributed by atoms with van der Waals surface area (Å²) in [5.74, 6) is 4.21. The molecule has 0 fully saturated rings. The standard InChI is InChI=1S/C10H13ClO2S.H2O/c1-7-5-9(13-3)6-8(2)10(7)14(4,11)12;/h5-6H,4H2,1-3H3;1H2. The van der Waals surface area contributed by atoms with Gasteiger partial charge in [-0.25, -0.2) is 4.21 Å². The van der Waals surface area contributed by atoms with E-state index in [1.54, 1.807) is 19.2 Å². The summed E-state index contributed by atoms with van der Waals surface area (Å²) in [6.45, 7) is 3.69. The second-order valence-electron chi connectivity index (χ2n) is 3.19. The second-order valence-corrected chi connectivity index (χ2v) is 6.28. The topological polar surface area (TPSA) is 57.8 Å². The average molecular weight is 251 g/mol. The van der Waals surface area contributed by atoms with Crippen molar-refractivity contribution in [2.75, 3.05) is 7.11 Å². The highest BCUT2D eigenvalue weighted by atomic mass is 35.7. The van der Waals surface area contributed by atoms with Gasteiger partial charge < -0.3 is 10.2 Å². The van der Waals surface area contributed by atoms with Gasteiger partial charge in [-0.1, -0.05) is 0 Å². The SMILES string of the molecule is C=S(=O)(Cl)c1c(C)cc(OC)cc1C.O. The minimum absolute atomic E-state index is 0. The molecule has 3 nitrogen and oxygen atoms in total. The molecule has 2 N–H and O–H groups in total. The number of aryl methyl sites for hydroxylation is 2. The molecule has 0 bridgehead atoms. The lowest BCUT2D eigenvalue weighted by atomic mass is 10.1. The van der Waals surface area contributed by atoms with Crippen molar-refractivity contribution >= 4 is 25.3 Å². The molecule has 86 valence electrons. The van der Waals surface area contributed by atoms with E-state index in [-0.39, 0.29) is 5.48 Å². The summed E-state index contributed by atoms with van der Waals surface area (Å²) in [5, 5.41) is 0. The minimum Gasteiger partial charge on any atom is -0.497 e. The Morgan fingerprint density at radius 1 is 1.33 bits per heavy atom. The number of methoxy groups -OCH3 is 1. The molecule has 0 aliphatic rings. The quantitative estimate of drug-likeness (QED) is 0.593. The number of ether oxygens (including phenoxy) is 1. The zero-order valence-electron chi connectivity index (χ0n) is 8.96. The number of rotatable bonds is 2. The third-order valence-corrected chi connectivity index (χ3v) is 3.69. The zero-order chi connectivity index (χ0) is 10.9. The number of hydrogen-bond acceptors (Lipinski definition) is 2. The monoisotopic (exact) mass is 250 g/mol. The predicted molar refractivity (Wildman–Crippen MR) is 65.5 cm³/mol. The maximum Gasteiger partial charge on any atom is 0.119 e. The van der Waals surface area contributed by atoms with Gasteiger partial charge in [0, 0.05) is 0 Å². The van der Waals surface area contributed by atoms with Crippen molar-refractivity contribution in [1.29, 1.82) is 0 Å². The molecular weight excluding hydrogens is 236 g/mol. The normalized spacial score (nSPS) is 13.9. The lowest BCUT2D eigenvalue weighted by molar-refractivity contribution is 0.413. The van der Waals surface area contributed by atoms with E-state index in [2.05, 4.69) is 5.87 Å². The Morgan fingerprint density at radius 3 is 2.00 bits per heavy atom. The summed E-state index contributed by atoms with van der Waals surface area (Å²) in [4.78, 5) is 0.611. The molecule has 0 saturated carbocycles. The Kier molecular flexibility index (Phi) is 4.65. The molecule has 0 aromatic heterocycles. The molecule has 5 heteroatoms. The first-order valence-electron chi connectivity index (χ1n) is 4.08. The maximum atomic E-state index is 11.6. The molecule has 0 amide bonds. The summed E-state index contributed by atoms with van der Waals surface area (Å²) >= 11 is 0. The van der Waals surface area contributed by atoms with Crippen molar-refractivity contribution < 1.29 is 14.4 Å². The van der Waals surface area contributed by atoms with E-state index in [1.807, 2.05) is 13.8 Å². The molecule has 0 aliphatic carbocycles. The van der Waals surface area contributed by atoms with E-state index in [4.69, 9.17) is 15.4 Å². The van der Waals surface area contributed by atoms with E-state index in [0.717, 1.165) is 16.9 Å². The van der Waals surface area contributed by atoms with E-state index in [0.29, 0.717) is 4.90 Å². The van der Waals surface area contributed by atoms with Gasteiger partial charge in [-0.05, 0) is 53.7 Å². The smallest absolute Gasteiger partial charge is 0.119 e. The van der Waals surface area contributed by atoms with Crippen LogP contribution in [0.3, 0.4) is 0 Å². The molecule has 15 heavy (non-hydrogen) atoms. The first-order chi connectivity index (χ1) is 6.36. The fraction of sp³-hybridized carbons (Fsp3) is 0.300. The van der Waals surface area contributed by atoms with E-state index >= 15 is 0 Å². The van der Waals surface area contributed by atoms with Crippen molar-refractivity contribution in [2.45, 2.75) is 18.7 Å². The number of hydrogen-bond donors (Lipinski definition) is 0. The Labute approximate surface area is 94.8 Å². The maximum absolute atomic E-state index is 11.6. The number of benzene rings is 1. The van der Waals surface area contributed by atoms with Crippen LogP contribution in [-0.4, -0.2) is 22.7 Å². The van der Waals surface area contributed by atoms with E-state index < -0.39 is 8.74 Å². The highest BCUT2D eigenvalue weighted by Gasteiger charge is 2.12. The highest BCUT2D eigenvalue weighted by molar-refractivity contribution is 8.21. The Hall–Kier alpha value is -0.710. The summed E-state index contributed by atoms with van der Waals surface area (Å²) in [6.07, 6.45) is 0. The van der Waals surface area contributed by atoms with E-state index in [1.165, 1.54) is 0 Å². The van der Waals surface area contributed by atoms with Gasteiger partial charge in [0.15, 0.2) is 0 Å². The number of halogens is 1. The van der Waals surface area contributed by atoms with Crippen LogP contribution in [0.25, 0.3) is 0 Å². The van der Waals surface area contributed by atoms with Crippen LogP contribution in [-0.2, 0) is 8.74 Å². The first-order valence-corrected chi connectivity index (χ1v) is 6.63. The van der Waals surface area contributed by atoms with Crippen LogP contribution in [0.5, 0.6) is 5.75 Å². The molecule has 1 rings (SSSR count). The summed E-state index contributed by atoms with van der Waals surface area (Å²) in [6, 6.07) is 3.60. The van der Waals surface area contributed by atoms with Gasteiger partial charge >= 0.3 is 0 Å². The molecule has 0 aliphatic heterocycles. The van der Waals surface area contributed by atoms with Gasteiger partial charge in [-0.3, -0.25) is 0 Å². The van der Waals surface area contributed by atoms with Gasteiger partial charge in [-0.15, -0.1) is 0 Å². The van der Waals surface area contributed by atoms with Crippen LogP contribution >= 0.6 is 10.7 Å². The summed E-state index contributed by atoms with van der Waals surface area (Å²) < 4.78 is 16.7. The Balaban J connectivity index is 0.00000196. The summed E-state index contributed by atoms with van der Waals surface area (Å²) in [7, 11) is 4.66. The van der Waals surface area contributed by atoms with Crippen LogP contribution in [0.15, 0.2) is 17.0 Å². The molecule has 1 aromatic rings. The van der Waals surface area contributed by atoms with Crippen LogP contribution in [0.1, 0.15) is 11.1 Å². The fourth-order valence-electron chi connectivity index (χ4n) is 1.51. The van der Waals surface area contributed by atoms with Gasteiger partial charge in [0.2, 0.25) is 0 Å². The van der Waals surface area contributed by atoms with Crippen LogP contribution in [0.4, 0.5) is 0 Å². The molecular formula is C10H15ClO3S. The third kappa shape index (κ3) is 3.12. The zero-order valence-corrected chi connectivity index (χ0v) is 10.5. The van der Waals surface area contributed by atoms with Crippen molar-refractivity contribution in [3.63, 3.8) is 0 Å². The second kappa shape index (κ2) is 4.88. The van der Waals surface area contributed by atoms with Crippen molar-refractivity contribution in [1.82, 2.24) is 0 Å². The molecule has 1 aromatic carbocycles. The van der Waals surface area contributed by atoms with Crippen LogP contribution in [0.2, 0.25) is 0 Å². The van der Waals surface area contributed by atoms with Gasteiger partial charge in [0.05, 0.1) is 20.7 Å². The molecule has 0 heterocycles. The first kappa shape index (κ1) is 14.3. The molecule has 0 spiro atoms. The lowest BCUT2D eigenvalue weighted by Gasteiger charge is -2.11. The highest BCUT2D eigenvalue weighted by Crippen LogP contribution is 2.27. The van der Waals surface area contributed by atoms with Gasteiger partial charge in [-0.2, -0.15) is 0 Å². The predicted octanol–water partition coefficient (Wildman–Crippen LogP) is 1.72. The largest absolute Gasteiger partial charge is 0.497 e.